The molecule has 0 N–H and O–H groups in total. The molecule has 5 aromatic rings. The van der Waals surface area contributed by atoms with Crippen molar-refractivity contribution in [3.05, 3.63) is 95.2 Å². The summed E-state index contributed by atoms with van der Waals surface area (Å²) in [5.74, 6) is 0. The maximum Gasteiger partial charge on any atom is 0.296 e. The Morgan fingerprint density at radius 2 is 1.46 bits per heavy atom. The molecule has 0 amide bonds. The van der Waals surface area contributed by atoms with Gasteiger partial charge in [-0.05, 0) is 35.7 Å². The number of hydrogen-bond acceptors (Lipinski definition) is 4. The minimum atomic E-state index is -0.449. The first kappa shape index (κ1) is 16.1. The Labute approximate surface area is 159 Å². The van der Waals surface area contributed by atoms with Gasteiger partial charge in [0.25, 0.3) is 5.69 Å². The average Bonchev–Trinajstić information content (AvgIpc) is 3.11. The summed E-state index contributed by atoms with van der Waals surface area (Å²) in [5.41, 5.74) is 2.98. The van der Waals surface area contributed by atoms with Crippen molar-refractivity contribution in [2.45, 2.75) is 0 Å². The van der Waals surface area contributed by atoms with Crippen molar-refractivity contribution in [2.75, 3.05) is 0 Å². The highest BCUT2D eigenvalue weighted by Crippen LogP contribution is 2.35. The van der Waals surface area contributed by atoms with Crippen molar-refractivity contribution in [1.29, 1.82) is 0 Å². The van der Waals surface area contributed by atoms with E-state index in [9.17, 15) is 10.1 Å². The monoisotopic (exact) mass is 366 g/mol. The molecule has 2 heterocycles. The molecule has 0 atom stereocenters. The van der Waals surface area contributed by atoms with Crippen LogP contribution in [-0.4, -0.2) is 9.32 Å². The third-order valence-corrected chi connectivity index (χ3v) is 4.83. The molecule has 3 aromatic carbocycles. The van der Waals surface area contributed by atoms with Gasteiger partial charge in [-0.3, -0.25) is 10.1 Å². The summed E-state index contributed by atoms with van der Waals surface area (Å²) in [6.07, 6.45) is 2.04. The number of rotatable bonds is 3. The van der Waals surface area contributed by atoms with E-state index in [4.69, 9.17) is 0 Å². The predicted molar refractivity (Wildman–Crippen MR) is 110 cm³/mol. The third kappa shape index (κ3) is 2.51. The first-order valence-electron chi connectivity index (χ1n) is 8.79. The molecule has 0 aliphatic heterocycles. The Morgan fingerprint density at radius 3 is 2.36 bits per heavy atom. The lowest BCUT2D eigenvalue weighted by Gasteiger charge is -2.05. The highest BCUT2D eigenvalue weighted by Gasteiger charge is 2.13. The summed E-state index contributed by atoms with van der Waals surface area (Å²) in [4.78, 5) is 10.8. The molecule has 0 aliphatic carbocycles. The minimum absolute atomic E-state index is 0.0648. The van der Waals surface area contributed by atoms with Gasteiger partial charge in [0.05, 0.1) is 21.6 Å². The van der Waals surface area contributed by atoms with E-state index in [1.54, 1.807) is 18.2 Å². The summed E-state index contributed by atoms with van der Waals surface area (Å²) < 4.78 is 2.13. The molecule has 28 heavy (non-hydrogen) atoms. The van der Waals surface area contributed by atoms with Crippen LogP contribution in [0.5, 0.6) is 0 Å². The topological polar surface area (TPSA) is 72.3 Å². The van der Waals surface area contributed by atoms with Gasteiger partial charge in [0, 0.05) is 23.0 Å². The second-order valence-electron chi connectivity index (χ2n) is 6.46. The molecule has 0 saturated heterocycles. The number of benzene rings is 3. The van der Waals surface area contributed by atoms with Crippen LogP contribution in [0, 0.1) is 10.1 Å². The van der Waals surface area contributed by atoms with Crippen LogP contribution < -0.4 is 0 Å². The van der Waals surface area contributed by atoms with E-state index in [-0.39, 0.29) is 11.4 Å². The largest absolute Gasteiger partial charge is 0.316 e. The van der Waals surface area contributed by atoms with E-state index in [0.29, 0.717) is 5.69 Å². The molecule has 0 spiro atoms. The zero-order chi connectivity index (χ0) is 19.1. The van der Waals surface area contributed by atoms with Crippen LogP contribution in [0.1, 0.15) is 0 Å². The SMILES string of the molecule is O=[N+]([O-])c1ccccc1N=Nc1cccc2ccn3c4ccccc4cc3c12. The second kappa shape index (κ2) is 6.28. The standard InChI is InChI=1S/C22H14N4O2/c27-26(28)20-11-4-2-8-17(20)23-24-18-9-5-7-15-12-13-25-19-10-3-1-6-16(19)14-21(25)22(15)18/h1-14H. The fraction of sp³-hybridized carbons (Fsp3) is 0. The maximum atomic E-state index is 11.2. The van der Waals surface area contributed by atoms with Crippen LogP contribution in [-0.2, 0) is 0 Å². The lowest BCUT2D eigenvalue weighted by molar-refractivity contribution is -0.384. The molecule has 6 nitrogen and oxygen atoms in total. The van der Waals surface area contributed by atoms with Crippen molar-refractivity contribution in [1.82, 2.24) is 4.40 Å². The molecule has 134 valence electrons. The molecule has 5 rings (SSSR count). The van der Waals surface area contributed by atoms with Crippen molar-refractivity contribution >= 4 is 44.3 Å². The molecule has 2 aromatic heterocycles. The summed E-state index contributed by atoms with van der Waals surface area (Å²) in [5, 5.41) is 22.9. The van der Waals surface area contributed by atoms with E-state index in [2.05, 4.69) is 32.8 Å². The molecule has 0 radical (unpaired) electrons. The quantitative estimate of drug-likeness (QED) is 0.206. The third-order valence-electron chi connectivity index (χ3n) is 4.83. The zero-order valence-corrected chi connectivity index (χ0v) is 14.7. The summed E-state index contributed by atoms with van der Waals surface area (Å²) in [6.45, 7) is 0. The van der Waals surface area contributed by atoms with E-state index in [0.717, 1.165) is 27.2 Å². The number of aromatic nitrogens is 1. The summed E-state index contributed by atoms with van der Waals surface area (Å²) in [7, 11) is 0. The summed E-state index contributed by atoms with van der Waals surface area (Å²) >= 11 is 0. The van der Waals surface area contributed by atoms with E-state index >= 15 is 0 Å². The van der Waals surface area contributed by atoms with Gasteiger partial charge in [-0.15, -0.1) is 10.2 Å². The van der Waals surface area contributed by atoms with Crippen LogP contribution in [0.2, 0.25) is 0 Å². The number of fused-ring (bicyclic) bond motifs is 5. The number of pyridine rings is 1. The lowest BCUT2D eigenvalue weighted by Crippen LogP contribution is -1.87. The van der Waals surface area contributed by atoms with Gasteiger partial charge in [-0.25, -0.2) is 0 Å². The van der Waals surface area contributed by atoms with Gasteiger partial charge in [-0.2, -0.15) is 0 Å². The number of azo groups is 1. The minimum Gasteiger partial charge on any atom is -0.316 e. The zero-order valence-electron chi connectivity index (χ0n) is 14.7. The van der Waals surface area contributed by atoms with Gasteiger partial charge in [-0.1, -0.05) is 42.5 Å². The Balaban J connectivity index is 1.75. The Hall–Kier alpha value is -4.06. The normalized spacial score (nSPS) is 11.7. The number of nitrogens with zero attached hydrogens (tertiary/aromatic N) is 4. The lowest BCUT2D eigenvalue weighted by atomic mass is 10.1. The predicted octanol–water partition coefficient (Wildman–Crippen LogP) is 6.57. The Bertz CT molecular complexity index is 1400. The van der Waals surface area contributed by atoms with Crippen molar-refractivity contribution in [2.24, 2.45) is 10.2 Å². The number of nitro benzene ring substituents is 1. The first-order chi connectivity index (χ1) is 13.7. The van der Waals surface area contributed by atoms with Crippen LogP contribution >= 0.6 is 0 Å². The van der Waals surface area contributed by atoms with Crippen LogP contribution in [0.15, 0.2) is 95.3 Å². The molecule has 0 saturated carbocycles. The van der Waals surface area contributed by atoms with Crippen LogP contribution in [0.3, 0.4) is 0 Å². The fourth-order valence-corrected chi connectivity index (χ4v) is 3.55. The van der Waals surface area contributed by atoms with Gasteiger partial charge in [0.1, 0.15) is 0 Å². The second-order valence-corrected chi connectivity index (χ2v) is 6.46. The van der Waals surface area contributed by atoms with Gasteiger partial charge >= 0.3 is 0 Å². The number of para-hydroxylation sites is 2. The first-order valence-corrected chi connectivity index (χ1v) is 8.79. The molecule has 0 fully saturated rings. The maximum absolute atomic E-state index is 11.2. The van der Waals surface area contributed by atoms with E-state index in [1.165, 1.54) is 6.07 Å². The highest BCUT2D eigenvalue weighted by molar-refractivity contribution is 6.07. The van der Waals surface area contributed by atoms with Gasteiger partial charge in [0.2, 0.25) is 0 Å². The molecule has 0 bridgehead atoms. The molecular weight excluding hydrogens is 352 g/mol. The van der Waals surface area contributed by atoms with E-state index in [1.807, 2.05) is 42.6 Å². The van der Waals surface area contributed by atoms with Crippen molar-refractivity contribution in [3.8, 4) is 0 Å². The smallest absolute Gasteiger partial charge is 0.296 e. The van der Waals surface area contributed by atoms with Crippen LogP contribution in [0.4, 0.5) is 17.1 Å². The van der Waals surface area contributed by atoms with Crippen LogP contribution in [0.25, 0.3) is 27.2 Å². The summed E-state index contributed by atoms with van der Waals surface area (Å²) in [6, 6.07) is 24.5. The van der Waals surface area contributed by atoms with Crippen molar-refractivity contribution < 1.29 is 4.92 Å². The fourth-order valence-electron chi connectivity index (χ4n) is 3.55. The molecule has 0 aliphatic rings. The Kier molecular flexibility index (Phi) is 3.62. The molecular formula is C22H14N4O2. The van der Waals surface area contributed by atoms with Gasteiger partial charge in [0.15, 0.2) is 5.69 Å². The van der Waals surface area contributed by atoms with Gasteiger partial charge < -0.3 is 4.40 Å². The number of hydrogen-bond donors (Lipinski definition) is 0. The highest BCUT2D eigenvalue weighted by atomic mass is 16.6. The van der Waals surface area contributed by atoms with E-state index < -0.39 is 4.92 Å². The molecule has 6 heteroatoms. The number of nitro groups is 1. The Morgan fingerprint density at radius 1 is 0.750 bits per heavy atom. The average molecular weight is 366 g/mol. The van der Waals surface area contributed by atoms with Crippen molar-refractivity contribution in [3.63, 3.8) is 0 Å². The molecule has 0 unspecified atom stereocenters.